The Balaban J connectivity index is 1.44. The van der Waals surface area contributed by atoms with Crippen molar-refractivity contribution in [3.63, 3.8) is 0 Å². The van der Waals surface area contributed by atoms with Crippen molar-refractivity contribution in [2.24, 2.45) is 0 Å². The molecule has 2 aromatic carbocycles. The van der Waals surface area contributed by atoms with Crippen LogP contribution in [0.5, 0.6) is 0 Å². The van der Waals surface area contributed by atoms with E-state index >= 15 is 0 Å². The van der Waals surface area contributed by atoms with E-state index < -0.39 is 0 Å². The number of fused-ring (bicyclic) bond motifs is 1. The van der Waals surface area contributed by atoms with Gasteiger partial charge in [-0.2, -0.15) is 0 Å². The summed E-state index contributed by atoms with van der Waals surface area (Å²) >= 11 is 0. The largest absolute Gasteiger partial charge is 0.436 e. The molecule has 0 atom stereocenters. The van der Waals surface area contributed by atoms with E-state index in [4.69, 9.17) is 9.15 Å². The molecule has 0 unspecified atom stereocenters. The summed E-state index contributed by atoms with van der Waals surface area (Å²) in [5, 5.41) is 0. The van der Waals surface area contributed by atoms with Crippen LogP contribution in [0.2, 0.25) is 0 Å². The number of rotatable bonds is 4. The molecule has 4 rings (SSSR count). The highest BCUT2D eigenvalue weighted by Gasteiger charge is 2.13. The van der Waals surface area contributed by atoms with Crippen molar-refractivity contribution in [1.29, 1.82) is 0 Å². The molecule has 1 aromatic heterocycles. The Morgan fingerprint density at radius 2 is 1.74 bits per heavy atom. The summed E-state index contributed by atoms with van der Waals surface area (Å²) in [7, 11) is 0. The number of para-hydroxylation sites is 2. The van der Waals surface area contributed by atoms with Gasteiger partial charge in [-0.1, -0.05) is 43.5 Å². The molecular weight excluding hydrogens is 286 g/mol. The lowest BCUT2D eigenvalue weighted by Gasteiger charge is -2.22. The minimum absolute atomic E-state index is 0.445. The van der Waals surface area contributed by atoms with Gasteiger partial charge in [0.25, 0.3) is 0 Å². The topological polar surface area (TPSA) is 35.3 Å². The van der Waals surface area contributed by atoms with Crippen LogP contribution in [-0.4, -0.2) is 11.1 Å². The Hall–Kier alpha value is -2.13. The lowest BCUT2D eigenvalue weighted by molar-refractivity contribution is 0.0169. The summed E-state index contributed by atoms with van der Waals surface area (Å²) < 4.78 is 11.8. The first-order valence-electron chi connectivity index (χ1n) is 8.45. The van der Waals surface area contributed by atoms with Crippen LogP contribution in [0.25, 0.3) is 22.6 Å². The third-order valence-electron chi connectivity index (χ3n) is 4.53. The Morgan fingerprint density at radius 1 is 0.957 bits per heavy atom. The second kappa shape index (κ2) is 6.55. The smallest absolute Gasteiger partial charge is 0.227 e. The lowest BCUT2D eigenvalue weighted by atomic mass is 9.98. The number of benzene rings is 2. The van der Waals surface area contributed by atoms with E-state index in [1.807, 2.05) is 24.3 Å². The minimum atomic E-state index is 0.445. The molecule has 0 spiro atoms. The molecule has 1 aliphatic rings. The summed E-state index contributed by atoms with van der Waals surface area (Å²) in [6, 6.07) is 16.2. The number of nitrogens with zero attached hydrogens (tertiary/aromatic N) is 1. The highest BCUT2D eigenvalue weighted by atomic mass is 16.5. The summed E-state index contributed by atoms with van der Waals surface area (Å²) in [5.41, 5.74) is 3.93. The molecule has 3 nitrogen and oxygen atoms in total. The van der Waals surface area contributed by atoms with Gasteiger partial charge in [0.15, 0.2) is 5.58 Å². The summed E-state index contributed by atoms with van der Waals surface area (Å²) in [6.07, 6.45) is 6.84. The van der Waals surface area contributed by atoms with E-state index in [-0.39, 0.29) is 0 Å². The number of aromatic nitrogens is 1. The van der Waals surface area contributed by atoms with Crippen LogP contribution in [0.1, 0.15) is 37.7 Å². The van der Waals surface area contributed by atoms with Crippen LogP contribution in [-0.2, 0) is 11.3 Å². The lowest BCUT2D eigenvalue weighted by Crippen LogP contribution is -2.16. The average Bonchev–Trinajstić information content (AvgIpc) is 3.05. The predicted molar refractivity (Wildman–Crippen MR) is 91.1 cm³/mol. The molecule has 0 bridgehead atoms. The molecule has 3 aromatic rings. The molecule has 0 aliphatic heterocycles. The highest BCUT2D eigenvalue weighted by Crippen LogP contribution is 2.25. The number of ether oxygens (including phenoxy) is 1. The number of hydrogen-bond donors (Lipinski definition) is 0. The zero-order valence-corrected chi connectivity index (χ0v) is 13.2. The van der Waals surface area contributed by atoms with Crippen molar-refractivity contribution in [3.8, 4) is 11.5 Å². The van der Waals surface area contributed by atoms with E-state index in [1.54, 1.807) is 0 Å². The van der Waals surface area contributed by atoms with Gasteiger partial charge in [-0.15, -0.1) is 0 Å². The van der Waals surface area contributed by atoms with E-state index in [1.165, 1.54) is 37.7 Å². The first-order chi connectivity index (χ1) is 11.4. The molecule has 3 heteroatoms. The first-order valence-corrected chi connectivity index (χ1v) is 8.45. The first kappa shape index (κ1) is 14.5. The fourth-order valence-electron chi connectivity index (χ4n) is 3.19. The monoisotopic (exact) mass is 307 g/mol. The molecule has 1 saturated carbocycles. The van der Waals surface area contributed by atoms with E-state index in [2.05, 4.69) is 29.2 Å². The molecule has 0 N–H and O–H groups in total. The van der Waals surface area contributed by atoms with Crippen LogP contribution >= 0.6 is 0 Å². The quantitative estimate of drug-likeness (QED) is 0.652. The van der Waals surface area contributed by atoms with Crippen molar-refractivity contribution in [1.82, 2.24) is 4.98 Å². The molecule has 23 heavy (non-hydrogen) atoms. The van der Waals surface area contributed by atoms with Crippen molar-refractivity contribution in [3.05, 3.63) is 54.1 Å². The maximum absolute atomic E-state index is 6.02. The normalized spacial score (nSPS) is 16.0. The third-order valence-corrected chi connectivity index (χ3v) is 4.53. The zero-order valence-electron chi connectivity index (χ0n) is 13.2. The van der Waals surface area contributed by atoms with E-state index in [9.17, 15) is 0 Å². The second-order valence-corrected chi connectivity index (χ2v) is 6.25. The van der Waals surface area contributed by atoms with Gasteiger partial charge in [0.05, 0.1) is 12.7 Å². The molecule has 0 saturated heterocycles. The maximum Gasteiger partial charge on any atom is 0.227 e. The Morgan fingerprint density at radius 3 is 2.52 bits per heavy atom. The van der Waals surface area contributed by atoms with Crippen LogP contribution in [0.3, 0.4) is 0 Å². The standard InChI is InChI=1S/C20H21NO2/c1-2-6-17(7-3-1)22-14-15-10-12-16(13-11-15)20-21-18-8-4-5-9-19(18)23-20/h4-5,8-13,17H,1-3,6-7,14H2. The molecule has 0 radical (unpaired) electrons. The van der Waals surface area contributed by atoms with Gasteiger partial charge in [0.2, 0.25) is 5.89 Å². The van der Waals surface area contributed by atoms with E-state index in [0.29, 0.717) is 18.6 Å². The predicted octanol–water partition coefficient (Wildman–Crippen LogP) is 5.34. The summed E-state index contributed by atoms with van der Waals surface area (Å²) in [4.78, 5) is 4.53. The zero-order chi connectivity index (χ0) is 15.5. The van der Waals surface area contributed by atoms with Crippen molar-refractivity contribution >= 4 is 11.1 Å². The fraction of sp³-hybridized carbons (Fsp3) is 0.350. The molecule has 1 fully saturated rings. The molecule has 0 amide bonds. The fourth-order valence-corrected chi connectivity index (χ4v) is 3.19. The Kier molecular flexibility index (Phi) is 4.12. The van der Waals surface area contributed by atoms with E-state index in [0.717, 1.165) is 16.7 Å². The minimum Gasteiger partial charge on any atom is -0.436 e. The second-order valence-electron chi connectivity index (χ2n) is 6.25. The summed E-state index contributed by atoms with van der Waals surface area (Å²) in [6.45, 7) is 0.693. The van der Waals surface area contributed by atoms with Crippen LogP contribution in [0, 0.1) is 0 Å². The summed E-state index contributed by atoms with van der Waals surface area (Å²) in [5.74, 6) is 0.672. The Bertz CT molecular complexity index is 737. The number of hydrogen-bond acceptors (Lipinski definition) is 3. The van der Waals surface area contributed by atoms with Crippen LogP contribution in [0.4, 0.5) is 0 Å². The average molecular weight is 307 g/mol. The van der Waals surface area contributed by atoms with Crippen molar-refractivity contribution in [2.75, 3.05) is 0 Å². The van der Waals surface area contributed by atoms with Gasteiger partial charge in [0, 0.05) is 5.56 Å². The van der Waals surface area contributed by atoms with Crippen molar-refractivity contribution in [2.45, 2.75) is 44.8 Å². The SMILES string of the molecule is c1ccc2oc(-c3ccc(COC4CCCCC4)cc3)nc2c1. The van der Waals surface area contributed by atoms with Gasteiger partial charge in [0.1, 0.15) is 5.52 Å². The molecule has 118 valence electrons. The maximum atomic E-state index is 6.02. The highest BCUT2D eigenvalue weighted by molar-refractivity contribution is 5.75. The molecule has 1 aliphatic carbocycles. The van der Waals surface area contributed by atoms with Crippen LogP contribution in [0.15, 0.2) is 52.9 Å². The van der Waals surface area contributed by atoms with Gasteiger partial charge in [-0.3, -0.25) is 0 Å². The van der Waals surface area contributed by atoms with Crippen LogP contribution < -0.4 is 0 Å². The van der Waals surface area contributed by atoms with Gasteiger partial charge in [-0.05, 0) is 42.7 Å². The van der Waals surface area contributed by atoms with Crippen molar-refractivity contribution < 1.29 is 9.15 Å². The third kappa shape index (κ3) is 3.30. The van der Waals surface area contributed by atoms with Gasteiger partial charge < -0.3 is 9.15 Å². The van der Waals surface area contributed by atoms with Gasteiger partial charge >= 0.3 is 0 Å². The molecule has 1 heterocycles. The molecular formula is C20H21NO2. The Labute approximate surface area is 136 Å². The van der Waals surface area contributed by atoms with Gasteiger partial charge in [-0.25, -0.2) is 4.98 Å². The number of oxazole rings is 1.